The van der Waals surface area contributed by atoms with Crippen molar-refractivity contribution in [3.8, 4) is 5.75 Å². The van der Waals surface area contributed by atoms with E-state index in [0.29, 0.717) is 5.56 Å². The summed E-state index contributed by atoms with van der Waals surface area (Å²) in [5.41, 5.74) is 0.376. The Morgan fingerprint density at radius 3 is 2.35 bits per heavy atom. The molecule has 0 aromatic heterocycles. The van der Waals surface area contributed by atoms with Crippen LogP contribution in [0.15, 0.2) is 24.3 Å². The monoisotopic (exact) mass is 296 g/mol. The van der Waals surface area contributed by atoms with Crippen LogP contribution in [-0.2, 0) is 14.3 Å². The molecule has 1 N–H and O–H groups in total. The minimum absolute atomic E-state index is 0.0570. The fraction of sp³-hybridized carbons (Fsp3) is 0.357. The summed E-state index contributed by atoms with van der Waals surface area (Å²) in [6.45, 7) is 3.19. The molecular weight excluding hydrogens is 280 g/mol. The maximum absolute atomic E-state index is 12.0. The van der Waals surface area contributed by atoms with E-state index in [1.54, 1.807) is 6.92 Å². The van der Waals surface area contributed by atoms with Crippen molar-refractivity contribution in [3.05, 3.63) is 29.8 Å². The van der Waals surface area contributed by atoms with Gasteiger partial charge in [0.15, 0.2) is 10.9 Å². The lowest BCUT2D eigenvalue weighted by Crippen LogP contribution is -2.24. The highest BCUT2D eigenvalue weighted by atomic mass is 32.2. The maximum atomic E-state index is 12.0. The number of esters is 1. The van der Waals surface area contributed by atoms with E-state index in [2.05, 4.69) is 0 Å². The van der Waals surface area contributed by atoms with E-state index in [-0.39, 0.29) is 29.7 Å². The Labute approximate surface area is 121 Å². The lowest BCUT2D eigenvalue weighted by Gasteiger charge is -2.12. The molecule has 0 aliphatic carbocycles. The van der Waals surface area contributed by atoms with E-state index in [1.807, 2.05) is 0 Å². The molecule has 0 heterocycles. The molecule has 1 aromatic carbocycles. The summed E-state index contributed by atoms with van der Waals surface area (Å²) < 4.78 is 4.86. The first-order valence-corrected chi connectivity index (χ1v) is 6.98. The Morgan fingerprint density at radius 2 is 1.85 bits per heavy atom. The van der Waals surface area contributed by atoms with Crippen molar-refractivity contribution >= 4 is 28.6 Å². The van der Waals surface area contributed by atoms with Gasteiger partial charge in [-0.15, -0.1) is 0 Å². The van der Waals surface area contributed by atoms with Crippen LogP contribution in [0.4, 0.5) is 0 Å². The third-order valence-corrected chi connectivity index (χ3v) is 3.39. The van der Waals surface area contributed by atoms with Crippen molar-refractivity contribution in [1.82, 2.24) is 0 Å². The molecule has 0 spiro atoms. The average molecular weight is 296 g/mol. The molecule has 1 rings (SSSR count). The smallest absolute Gasteiger partial charge is 0.319 e. The topological polar surface area (TPSA) is 80.7 Å². The van der Waals surface area contributed by atoms with Crippen LogP contribution in [0, 0.1) is 0 Å². The highest BCUT2D eigenvalue weighted by Crippen LogP contribution is 2.20. The van der Waals surface area contributed by atoms with Gasteiger partial charge < -0.3 is 9.84 Å². The second-order valence-electron chi connectivity index (χ2n) is 4.02. The highest BCUT2D eigenvalue weighted by Gasteiger charge is 2.26. The summed E-state index contributed by atoms with van der Waals surface area (Å²) in [6.07, 6.45) is -0.117. The number of phenols is 1. The molecule has 0 amide bonds. The Hall–Kier alpha value is -1.82. The number of carbonyl (C=O) groups is 3. The molecule has 0 aliphatic heterocycles. The van der Waals surface area contributed by atoms with E-state index in [4.69, 9.17) is 9.84 Å². The van der Waals surface area contributed by atoms with Gasteiger partial charge in [0.1, 0.15) is 11.0 Å². The highest BCUT2D eigenvalue weighted by molar-refractivity contribution is 8.14. The first-order chi connectivity index (χ1) is 9.43. The Kier molecular flexibility index (Phi) is 6.24. The van der Waals surface area contributed by atoms with Gasteiger partial charge >= 0.3 is 5.97 Å². The van der Waals surface area contributed by atoms with Crippen molar-refractivity contribution in [1.29, 1.82) is 0 Å². The first kappa shape index (κ1) is 16.2. The number of carbonyl (C=O) groups excluding carboxylic acids is 3. The third kappa shape index (κ3) is 5.05. The predicted octanol–water partition coefficient (Wildman–Crippen LogP) is 2.18. The van der Waals surface area contributed by atoms with Crippen LogP contribution in [0.2, 0.25) is 0 Å². The SMILES string of the molecule is CCOC(=O)C(CC(=O)c1ccc(O)cc1)SC(C)=O. The number of phenolic OH excluding ortho intramolecular Hbond substituents is 1. The zero-order chi connectivity index (χ0) is 15.1. The van der Waals surface area contributed by atoms with E-state index in [9.17, 15) is 14.4 Å². The van der Waals surface area contributed by atoms with Gasteiger partial charge in [-0.25, -0.2) is 0 Å². The average Bonchev–Trinajstić information content (AvgIpc) is 2.38. The maximum Gasteiger partial charge on any atom is 0.319 e. The van der Waals surface area contributed by atoms with Gasteiger partial charge in [0.05, 0.1) is 6.61 Å². The standard InChI is InChI=1S/C14H16O5S/c1-3-19-14(18)13(20-9(2)15)8-12(17)10-4-6-11(16)7-5-10/h4-7,13,16H,3,8H2,1-2H3. The molecule has 0 saturated carbocycles. The number of hydrogen-bond acceptors (Lipinski definition) is 6. The van der Waals surface area contributed by atoms with Gasteiger partial charge in [0.25, 0.3) is 0 Å². The molecule has 20 heavy (non-hydrogen) atoms. The molecular formula is C14H16O5S. The number of aromatic hydroxyl groups is 1. The van der Waals surface area contributed by atoms with Crippen LogP contribution in [0.1, 0.15) is 30.6 Å². The van der Waals surface area contributed by atoms with Gasteiger partial charge in [0.2, 0.25) is 0 Å². The van der Waals surface area contributed by atoms with Gasteiger partial charge in [-0.3, -0.25) is 14.4 Å². The Morgan fingerprint density at radius 1 is 1.25 bits per heavy atom. The summed E-state index contributed by atoms with van der Waals surface area (Å²) in [4.78, 5) is 34.9. The molecule has 0 fully saturated rings. The number of rotatable bonds is 6. The lowest BCUT2D eigenvalue weighted by molar-refractivity contribution is -0.142. The second kappa shape index (κ2) is 7.69. The molecule has 0 aliphatic rings. The van der Waals surface area contributed by atoms with Gasteiger partial charge in [-0.1, -0.05) is 11.8 Å². The normalized spacial score (nSPS) is 11.7. The van der Waals surface area contributed by atoms with Crippen LogP contribution < -0.4 is 0 Å². The minimum atomic E-state index is -0.839. The van der Waals surface area contributed by atoms with Gasteiger partial charge in [0, 0.05) is 18.9 Å². The quantitative estimate of drug-likeness (QED) is 0.640. The molecule has 0 bridgehead atoms. The third-order valence-electron chi connectivity index (χ3n) is 2.42. The summed E-state index contributed by atoms with van der Waals surface area (Å²) in [7, 11) is 0. The van der Waals surface area contributed by atoms with Crippen LogP contribution in [0.25, 0.3) is 0 Å². The molecule has 0 saturated heterocycles. The zero-order valence-corrected chi connectivity index (χ0v) is 12.1. The number of benzene rings is 1. The van der Waals surface area contributed by atoms with Gasteiger partial charge in [-0.2, -0.15) is 0 Å². The largest absolute Gasteiger partial charge is 0.508 e. The fourth-order valence-electron chi connectivity index (χ4n) is 1.54. The van der Waals surface area contributed by atoms with Crippen LogP contribution in [-0.4, -0.2) is 33.8 Å². The number of ketones is 1. The second-order valence-corrected chi connectivity index (χ2v) is 5.40. The molecule has 5 nitrogen and oxygen atoms in total. The van der Waals surface area contributed by atoms with Crippen LogP contribution in [0.5, 0.6) is 5.75 Å². The first-order valence-electron chi connectivity index (χ1n) is 6.10. The summed E-state index contributed by atoms with van der Waals surface area (Å²) in [6, 6.07) is 5.73. The predicted molar refractivity (Wildman–Crippen MR) is 75.7 cm³/mol. The number of Topliss-reactive ketones (excluding diaryl/α,β-unsaturated/α-hetero) is 1. The van der Waals surface area contributed by atoms with Crippen molar-refractivity contribution < 1.29 is 24.2 Å². The van der Waals surface area contributed by atoms with E-state index in [1.165, 1.54) is 31.2 Å². The Bertz CT molecular complexity index is 495. The van der Waals surface area contributed by atoms with Crippen LogP contribution in [0.3, 0.4) is 0 Å². The zero-order valence-electron chi connectivity index (χ0n) is 11.3. The molecule has 108 valence electrons. The molecule has 0 radical (unpaired) electrons. The molecule has 1 aromatic rings. The molecule has 1 unspecified atom stereocenters. The van der Waals surface area contributed by atoms with E-state index >= 15 is 0 Å². The minimum Gasteiger partial charge on any atom is -0.508 e. The van der Waals surface area contributed by atoms with Crippen LogP contribution >= 0.6 is 11.8 Å². The summed E-state index contributed by atoms with van der Waals surface area (Å²) in [5.74, 6) is -0.793. The van der Waals surface area contributed by atoms with Crippen molar-refractivity contribution in [2.24, 2.45) is 0 Å². The Balaban J connectivity index is 2.77. The molecule has 1 atom stereocenters. The summed E-state index contributed by atoms with van der Waals surface area (Å²) >= 11 is 0.790. The fourth-order valence-corrected chi connectivity index (χ4v) is 2.34. The van der Waals surface area contributed by atoms with E-state index < -0.39 is 11.2 Å². The van der Waals surface area contributed by atoms with Crippen molar-refractivity contribution in [2.75, 3.05) is 6.61 Å². The van der Waals surface area contributed by atoms with Crippen molar-refractivity contribution in [2.45, 2.75) is 25.5 Å². The number of thioether (sulfide) groups is 1. The van der Waals surface area contributed by atoms with Crippen molar-refractivity contribution in [3.63, 3.8) is 0 Å². The van der Waals surface area contributed by atoms with E-state index in [0.717, 1.165) is 11.8 Å². The lowest BCUT2D eigenvalue weighted by atomic mass is 10.1. The molecule has 6 heteroatoms. The number of hydrogen-bond donors (Lipinski definition) is 1. The number of ether oxygens (including phenoxy) is 1. The van der Waals surface area contributed by atoms with Gasteiger partial charge in [-0.05, 0) is 31.2 Å². The summed E-state index contributed by atoms with van der Waals surface area (Å²) in [5, 5.41) is 8.08.